The molecule has 0 bridgehead atoms. The lowest BCUT2D eigenvalue weighted by molar-refractivity contribution is 0.0927. The Morgan fingerprint density at radius 2 is 2.06 bits per heavy atom. The van der Waals surface area contributed by atoms with Gasteiger partial charge in [-0.2, -0.15) is 0 Å². The largest absolute Gasteiger partial charge is 0.384 e. The van der Waals surface area contributed by atoms with Gasteiger partial charge in [0.1, 0.15) is 0 Å². The number of anilines is 1. The minimum absolute atomic E-state index is 0.0941. The zero-order valence-corrected chi connectivity index (χ0v) is 10.7. The van der Waals surface area contributed by atoms with Crippen LogP contribution in [0, 0.1) is 0 Å². The van der Waals surface area contributed by atoms with E-state index in [1.165, 1.54) is 30.5 Å². The molecule has 0 saturated heterocycles. The molecule has 0 radical (unpaired) electrons. The molecular weight excluding hydrogens is 224 g/mol. The third-order valence-corrected chi connectivity index (χ3v) is 4.02. The second-order valence-electron chi connectivity index (χ2n) is 5.36. The molecule has 96 valence electrons. The summed E-state index contributed by atoms with van der Waals surface area (Å²) in [4.78, 5) is 12.2. The summed E-state index contributed by atoms with van der Waals surface area (Å²) in [6, 6.07) is 6.37. The van der Waals surface area contributed by atoms with Crippen molar-refractivity contribution >= 4 is 11.6 Å². The highest BCUT2D eigenvalue weighted by molar-refractivity contribution is 5.95. The van der Waals surface area contributed by atoms with Crippen molar-refractivity contribution in [2.24, 2.45) is 0 Å². The van der Waals surface area contributed by atoms with Crippen LogP contribution in [0.3, 0.4) is 0 Å². The fourth-order valence-electron chi connectivity index (χ4n) is 2.96. The summed E-state index contributed by atoms with van der Waals surface area (Å²) < 4.78 is 0. The van der Waals surface area contributed by atoms with Crippen LogP contribution in [-0.4, -0.2) is 18.5 Å². The molecule has 0 aromatic heterocycles. The fraction of sp³-hybridized carbons (Fsp3) is 0.533. The molecule has 0 atom stereocenters. The van der Waals surface area contributed by atoms with E-state index in [4.69, 9.17) is 0 Å². The fourth-order valence-corrected chi connectivity index (χ4v) is 2.96. The predicted molar refractivity (Wildman–Crippen MR) is 73.0 cm³/mol. The molecule has 1 aliphatic carbocycles. The number of nitrogens with one attached hydrogen (secondary N) is 2. The lowest BCUT2D eigenvalue weighted by Gasteiger charge is -2.22. The van der Waals surface area contributed by atoms with E-state index in [0.29, 0.717) is 6.04 Å². The van der Waals surface area contributed by atoms with E-state index in [1.807, 2.05) is 18.2 Å². The van der Waals surface area contributed by atoms with Crippen LogP contribution < -0.4 is 10.6 Å². The van der Waals surface area contributed by atoms with Gasteiger partial charge in [-0.3, -0.25) is 4.79 Å². The molecule has 18 heavy (non-hydrogen) atoms. The summed E-state index contributed by atoms with van der Waals surface area (Å²) in [7, 11) is 0. The van der Waals surface area contributed by atoms with E-state index in [-0.39, 0.29) is 5.91 Å². The van der Waals surface area contributed by atoms with E-state index in [2.05, 4.69) is 10.6 Å². The molecular formula is C15H20N2O. The standard InChI is InChI=1S/C15H20N2O/c18-15(17-13-4-2-1-3-5-13)12-6-7-14-11(10-12)8-9-16-14/h6-7,10,13,16H,1-5,8-9H2,(H,17,18). The summed E-state index contributed by atoms with van der Waals surface area (Å²) in [6.45, 7) is 0.989. The second kappa shape index (κ2) is 5.01. The highest BCUT2D eigenvalue weighted by Gasteiger charge is 2.18. The number of fused-ring (bicyclic) bond motifs is 1. The van der Waals surface area contributed by atoms with Gasteiger partial charge in [-0.05, 0) is 43.0 Å². The highest BCUT2D eigenvalue weighted by atomic mass is 16.1. The van der Waals surface area contributed by atoms with E-state index in [0.717, 1.165) is 31.4 Å². The van der Waals surface area contributed by atoms with Crippen LogP contribution in [-0.2, 0) is 6.42 Å². The summed E-state index contributed by atoms with van der Waals surface area (Å²) in [5.41, 5.74) is 3.26. The molecule has 3 heteroatoms. The first-order valence-electron chi connectivity index (χ1n) is 7.00. The Morgan fingerprint density at radius 1 is 1.22 bits per heavy atom. The van der Waals surface area contributed by atoms with Gasteiger partial charge >= 0.3 is 0 Å². The van der Waals surface area contributed by atoms with Crippen molar-refractivity contribution in [1.82, 2.24) is 5.32 Å². The third-order valence-electron chi connectivity index (χ3n) is 4.02. The Hall–Kier alpha value is -1.51. The van der Waals surface area contributed by atoms with Crippen molar-refractivity contribution in [3.05, 3.63) is 29.3 Å². The quantitative estimate of drug-likeness (QED) is 0.840. The first-order chi connectivity index (χ1) is 8.83. The molecule has 1 aromatic rings. The molecule has 1 saturated carbocycles. The van der Waals surface area contributed by atoms with Crippen LogP contribution in [0.15, 0.2) is 18.2 Å². The van der Waals surface area contributed by atoms with Crippen molar-refractivity contribution in [3.8, 4) is 0 Å². The van der Waals surface area contributed by atoms with Gasteiger partial charge in [0.2, 0.25) is 0 Å². The number of hydrogen-bond donors (Lipinski definition) is 2. The minimum Gasteiger partial charge on any atom is -0.384 e. The lowest BCUT2D eigenvalue weighted by atomic mass is 9.95. The van der Waals surface area contributed by atoms with Crippen LogP contribution in [0.2, 0.25) is 0 Å². The molecule has 2 N–H and O–H groups in total. The summed E-state index contributed by atoms with van der Waals surface area (Å²) >= 11 is 0. The van der Waals surface area contributed by atoms with Gasteiger partial charge in [0.25, 0.3) is 5.91 Å². The van der Waals surface area contributed by atoms with E-state index in [1.54, 1.807) is 0 Å². The van der Waals surface area contributed by atoms with Crippen molar-refractivity contribution in [2.75, 3.05) is 11.9 Å². The molecule has 0 unspecified atom stereocenters. The number of carbonyl (C=O) groups excluding carboxylic acids is 1. The number of amides is 1. The van der Waals surface area contributed by atoms with E-state index in [9.17, 15) is 4.79 Å². The number of carbonyl (C=O) groups is 1. The van der Waals surface area contributed by atoms with Crippen LogP contribution in [0.4, 0.5) is 5.69 Å². The molecule has 2 aliphatic rings. The molecule has 1 fully saturated rings. The second-order valence-corrected chi connectivity index (χ2v) is 5.36. The first-order valence-corrected chi connectivity index (χ1v) is 7.00. The zero-order chi connectivity index (χ0) is 12.4. The van der Waals surface area contributed by atoms with E-state index < -0.39 is 0 Å². The Labute approximate surface area is 108 Å². The van der Waals surface area contributed by atoms with Crippen molar-refractivity contribution in [2.45, 2.75) is 44.6 Å². The zero-order valence-electron chi connectivity index (χ0n) is 10.7. The van der Waals surface area contributed by atoms with Crippen molar-refractivity contribution < 1.29 is 4.79 Å². The topological polar surface area (TPSA) is 41.1 Å². The SMILES string of the molecule is O=C(NC1CCCCC1)c1ccc2c(c1)CCN2. The Morgan fingerprint density at radius 3 is 2.89 bits per heavy atom. The normalized spacial score (nSPS) is 19.1. The Bertz CT molecular complexity index is 450. The summed E-state index contributed by atoms with van der Waals surface area (Å²) in [5.74, 6) is 0.0941. The minimum atomic E-state index is 0.0941. The molecule has 1 aliphatic heterocycles. The van der Waals surface area contributed by atoms with Crippen LogP contribution in [0.25, 0.3) is 0 Å². The maximum absolute atomic E-state index is 12.2. The number of hydrogen-bond acceptors (Lipinski definition) is 2. The van der Waals surface area contributed by atoms with Gasteiger partial charge in [-0.15, -0.1) is 0 Å². The number of rotatable bonds is 2. The predicted octanol–water partition coefficient (Wildman–Crippen LogP) is 2.72. The smallest absolute Gasteiger partial charge is 0.251 e. The summed E-state index contributed by atoms with van der Waals surface area (Å²) in [5, 5.41) is 6.48. The van der Waals surface area contributed by atoms with Gasteiger partial charge in [-0.25, -0.2) is 0 Å². The Kier molecular flexibility index (Phi) is 3.22. The molecule has 1 amide bonds. The molecule has 1 aromatic carbocycles. The number of benzene rings is 1. The van der Waals surface area contributed by atoms with Gasteiger partial charge in [0.05, 0.1) is 0 Å². The maximum atomic E-state index is 12.2. The molecule has 1 heterocycles. The monoisotopic (exact) mass is 244 g/mol. The molecule has 0 spiro atoms. The average Bonchev–Trinajstić information content (AvgIpc) is 2.87. The summed E-state index contributed by atoms with van der Waals surface area (Å²) in [6.07, 6.45) is 7.12. The third kappa shape index (κ3) is 2.35. The van der Waals surface area contributed by atoms with Crippen LogP contribution in [0.5, 0.6) is 0 Å². The lowest BCUT2D eigenvalue weighted by Crippen LogP contribution is -2.36. The first kappa shape index (κ1) is 11.6. The van der Waals surface area contributed by atoms with Crippen LogP contribution >= 0.6 is 0 Å². The van der Waals surface area contributed by atoms with Crippen LogP contribution in [0.1, 0.15) is 48.0 Å². The van der Waals surface area contributed by atoms with E-state index >= 15 is 0 Å². The molecule has 3 nitrogen and oxygen atoms in total. The van der Waals surface area contributed by atoms with Gasteiger partial charge < -0.3 is 10.6 Å². The molecule has 3 rings (SSSR count). The van der Waals surface area contributed by atoms with Crippen molar-refractivity contribution in [1.29, 1.82) is 0 Å². The van der Waals surface area contributed by atoms with Crippen molar-refractivity contribution in [3.63, 3.8) is 0 Å². The van der Waals surface area contributed by atoms with Gasteiger partial charge in [-0.1, -0.05) is 19.3 Å². The highest BCUT2D eigenvalue weighted by Crippen LogP contribution is 2.23. The Balaban J connectivity index is 1.68. The average molecular weight is 244 g/mol. The van der Waals surface area contributed by atoms with Gasteiger partial charge in [0.15, 0.2) is 0 Å². The maximum Gasteiger partial charge on any atom is 0.251 e. The van der Waals surface area contributed by atoms with Gasteiger partial charge in [0, 0.05) is 23.8 Å².